The molecule has 6 heteroatoms. The Hall–Kier alpha value is -2.02. The summed E-state index contributed by atoms with van der Waals surface area (Å²) in [5, 5.41) is 6.07. The molecule has 2 amide bonds. The van der Waals surface area contributed by atoms with Gasteiger partial charge in [-0.1, -0.05) is 36.4 Å². The van der Waals surface area contributed by atoms with Crippen LogP contribution in [-0.4, -0.2) is 61.4 Å². The third-order valence-corrected chi connectivity index (χ3v) is 7.41. The number of nitrogens with zero attached hydrogens (tertiary/aromatic N) is 2. The monoisotopic (exact) mass is 438 g/mol. The lowest BCUT2D eigenvalue weighted by Crippen LogP contribution is -2.58. The summed E-state index contributed by atoms with van der Waals surface area (Å²) < 4.78 is 0. The number of carbonyl (C=O) groups is 1. The van der Waals surface area contributed by atoms with Crippen LogP contribution in [0.25, 0.3) is 0 Å². The zero-order chi connectivity index (χ0) is 21.6. The number of hydrogen-bond acceptors (Lipinski definition) is 4. The van der Waals surface area contributed by atoms with Crippen LogP contribution in [0.5, 0.6) is 0 Å². The van der Waals surface area contributed by atoms with Gasteiger partial charge in [-0.3, -0.25) is 4.90 Å². The highest BCUT2D eigenvalue weighted by Gasteiger charge is 2.40. The average Bonchev–Trinajstić information content (AvgIpc) is 2.79. The highest BCUT2D eigenvalue weighted by Crippen LogP contribution is 2.36. The minimum absolute atomic E-state index is 0.111. The van der Waals surface area contributed by atoms with Crippen molar-refractivity contribution in [2.75, 3.05) is 44.8 Å². The van der Waals surface area contributed by atoms with Crippen molar-refractivity contribution in [2.24, 2.45) is 11.8 Å². The summed E-state index contributed by atoms with van der Waals surface area (Å²) in [7, 11) is 2.24. The van der Waals surface area contributed by atoms with Gasteiger partial charge in [0, 0.05) is 42.8 Å². The van der Waals surface area contributed by atoms with Crippen LogP contribution in [0.15, 0.2) is 59.5 Å². The molecule has 2 bridgehead atoms. The smallest absolute Gasteiger partial charge is 0.319 e. The van der Waals surface area contributed by atoms with Gasteiger partial charge in [-0.05, 0) is 68.3 Å². The quantitative estimate of drug-likeness (QED) is 0.601. The van der Waals surface area contributed by atoms with E-state index in [0.29, 0.717) is 6.04 Å². The van der Waals surface area contributed by atoms with Gasteiger partial charge in [-0.25, -0.2) is 4.79 Å². The normalized spacial score (nSPS) is 24.9. The van der Waals surface area contributed by atoms with Crippen molar-refractivity contribution in [2.45, 2.75) is 30.3 Å². The summed E-state index contributed by atoms with van der Waals surface area (Å²) in [6.07, 6.45) is 4.51. The third kappa shape index (κ3) is 6.03. The number of hydrogen-bond donors (Lipinski definition) is 2. The number of carbonyl (C=O) groups excluding carboxylic acids is 1. The SMILES string of the molecule is CSc1cccc(NC(=O)NC[C@H]2C[C@@H]3CCN2C[C@@H]3CN(C)Cc2ccccc2)c1. The second-order valence-corrected chi connectivity index (χ2v) is 9.82. The van der Waals surface area contributed by atoms with Crippen molar-refractivity contribution in [3.8, 4) is 0 Å². The Bertz CT molecular complexity index is 862. The fourth-order valence-corrected chi connectivity index (χ4v) is 5.57. The molecule has 3 saturated heterocycles. The summed E-state index contributed by atoms with van der Waals surface area (Å²) in [6.45, 7) is 5.17. The van der Waals surface area contributed by atoms with Gasteiger partial charge in [0.15, 0.2) is 0 Å². The molecule has 2 aromatic carbocycles. The largest absolute Gasteiger partial charge is 0.336 e. The first-order valence-electron chi connectivity index (χ1n) is 11.3. The van der Waals surface area contributed by atoms with Crippen molar-refractivity contribution in [3.63, 3.8) is 0 Å². The molecular formula is C25H34N4OS. The van der Waals surface area contributed by atoms with E-state index in [0.717, 1.165) is 55.1 Å². The third-order valence-electron chi connectivity index (χ3n) is 6.68. The second-order valence-electron chi connectivity index (χ2n) is 8.94. The van der Waals surface area contributed by atoms with E-state index in [4.69, 9.17) is 0 Å². The van der Waals surface area contributed by atoms with Crippen LogP contribution in [0, 0.1) is 11.8 Å². The van der Waals surface area contributed by atoms with Crippen molar-refractivity contribution < 1.29 is 4.79 Å². The lowest BCUT2D eigenvalue weighted by atomic mass is 9.75. The molecule has 5 rings (SSSR count). The van der Waals surface area contributed by atoms with Crippen LogP contribution >= 0.6 is 11.8 Å². The fraction of sp³-hybridized carbons (Fsp3) is 0.480. The number of urea groups is 1. The molecule has 0 radical (unpaired) electrons. The van der Waals surface area contributed by atoms with Crippen LogP contribution in [0.2, 0.25) is 0 Å². The highest BCUT2D eigenvalue weighted by atomic mass is 32.2. The molecular weight excluding hydrogens is 404 g/mol. The van der Waals surface area contributed by atoms with Crippen LogP contribution in [-0.2, 0) is 6.54 Å². The van der Waals surface area contributed by atoms with Crippen molar-refractivity contribution in [3.05, 3.63) is 60.2 Å². The number of rotatable bonds is 8. The number of amides is 2. The van der Waals surface area contributed by atoms with Gasteiger partial charge in [0.25, 0.3) is 0 Å². The van der Waals surface area contributed by atoms with Crippen molar-refractivity contribution in [1.29, 1.82) is 0 Å². The van der Waals surface area contributed by atoms with E-state index in [-0.39, 0.29) is 6.03 Å². The maximum absolute atomic E-state index is 12.4. The average molecular weight is 439 g/mol. The predicted octanol–water partition coefficient (Wildman–Crippen LogP) is 4.37. The van der Waals surface area contributed by atoms with Crippen LogP contribution < -0.4 is 10.6 Å². The van der Waals surface area contributed by atoms with Crippen LogP contribution in [0.3, 0.4) is 0 Å². The summed E-state index contributed by atoms with van der Waals surface area (Å²) in [4.78, 5) is 18.6. The van der Waals surface area contributed by atoms with E-state index in [1.54, 1.807) is 11.8 Å². The molecule has 1 unspecified atom stereocenters. The number of thioether (sulfide) groups is 1. The van der Waals surface area contributed by atoms with Gasteiger partial charge in [0.2, 0.25) is 0 Å². The molecule has 0 aliphatic carbocycles. The molecule has 3 aliphatic rings. The molecule has 2 N–H and O–H groups in total. The Morgan fingerprint density at radius 3 is 2.77 bits per heavy atom. The maximum atomic E-state index is 12.4. The molecule has 4 atom stereocenters. The molecule has 166 valence electrons. The van der Waals surface area contributed by atoms with E-state index in [1.807, 2.05) is 30.5 Å². The molecule has 3 heterocycles. The molecule has 31 heavy (non-hydrogen) atoms. The predicted molar refractivity (Wildman–Crippen MR) is 130 cm³/mol. The molecule has 0 spiro atoms. The molecule has 3 aliphatic heterocycles. The second kappa shape index (κ2) is 10.5. The number of anilines is 1. The summed E-state index contributed by atoms with van der Waals surface area (Å²) in [5.41, 5.74) is 2.22. The molecule has 3 fully saturated rings. The van der Waals surface area contributed by atoms with Gasteiger partial charge >= 0.3 is 6.03 Å². The Labute approximate surface area is 190 Å². The standard InChI is InChI=1S/C25H34N4OS/c1-28(16-19-7-4-3-5-8-19)17-21-18-29-12-11-20(21)13-23(29)15-26-25(30)27-22-9-6-10-24(14-22)31-2/h3-10,14,20-21,23H,11-13,15-18H2,1-2H3,(H2,26,27,30)/t20-,21-,23+/m0/s1. The minimum atomic E-state index is -0.111. The minimum Gasteiger partial charge on any atom is -0.336 e. The van der Waals surface area contributed by atoms with E-state index < -0.39 is 0 Å². The Balaban J connectivity index is 1.23. The lowest BCUT2D eigenvalue weighted by molar-refractivity contribution is -0.00889. The summed E-state index contributed by atoms with van der Waals surface area (Å²) in [6, 6.07) is 19.0. The number of benzene rings is 2. The first-order valence-corrected chi connectivity index (χ1v) is 12.5. The van der Waals surface area contributed by atoms with E-state index in [1.165, 1.54) is 18.4 Å². The number of piperidine rings is 3. The topological polar surface area (TPSA) is 47.6 Å². The van der Waals surface area contributed by atoms with Crippen LogP contribution in [0.1, 0.15) is 18.4 Å². The van der Waals surface area contributed by atoms with Gasteiger partial charge in [0.05, 0.1) is 0 Å². The molecule has 5 nitrogen and oxygen atoms in total. The zero-order valence-electron chi connectivity index (χ0n) is 18.6. The maximum Gasteiger partial charge on any atom is 0.319 e. The highest BCUT2D eigenvalue weighted by molar-refractivity contribution is 7.98. The van der Waals surface area contributed by atoms with Crippen LogP contribution in [0.4, 0.5) is 10.5 Å². The number of fused-ring (bicyclic) bond motifs is 3. The molecule has 2 aromatic rings. The zero-order valence-corrected chi connectivity index (χ0v) is 19.4. The van der Waals surface area contributed by atoms with Gasteiger partial charge in [0.1, 0.15) is 0 Å². The fourth-order valence-electron chi connectivity index (χ4n) is 5.12. The summed E-state index contributed by atoms with van der Waals surface area (Å²) in [5.74, 6) is 1.48. The first kappa shape index (κ1) is 22.2. The Morgan fingerprint density at radius 1 is 1.19 bits per heavy atom. The van der Waals surface area contributed by atoms with Gasteiger partial charge < -0.3 is 15.5 Å². The Kier molecular flexibility index (Phi) is 7.54. The van der Waals surface area contributed by atoms with Gasteiger partial charge in [-0.15, -0.1) is 11.8 Å². The first-order chi connectivity index (χ1) is 15.1. The van der Waals surface area contributed by atoms with Crippen molar-refractivity contribution in [1.82, 2.24) is 15.1 Å². The van der Waals surface area contributed by atoms with E-state index in [2.05, 4.69) is 57.8 Å². The van der Waals surface area contributed by atoms with Crippen molar-refractivity contribution >= 4 is 23.5 Å². The number of nitrogens with one attached hydrogen (secondary N) is 2. The van der Waals surface area contributed by atoms with E-state index in [9.17, 15) is 4.79 Å². The Morgan fingerprint density at radius 2 is 2.03 bits per heavy atom. The van der Waals surface area contributed by atoms with Gasteiger partial charge in [-0.2, -0.15) is 0 Å². The molecule has 0 aromatic heterocycles. The van der Waals surface area contributed by atoms with E-state index >= 15 is 0 Å². The molecule has 0 saturated carbocycles. The summed E-state index contributed by atoms with van der Waals surface area (Å²) >= 11 is 1.68. The lowest BCUT2D eigenvalue weighted by Gasteiger charge is -2.50.